The standard InChI is InChI=1S/C29H32N3O/c1-17-9-12-21-22-13-10-18(2)30-27(22)33-26(21)24(17)28-31(6)23-14-11-19(16-29(3,4)5)20-8-7-15-32(28)25(20)23/h9-14H,7-8,15-16H2,1-6H3/q+1. The second kappa shape index (κ2) is 6.93. The van der Waals surface area contributed by atoms with Crippen LogP contribution >= 0.6 is 0 Å². The highest BCUT2D eigenvalue weighted by atomic mass is 16.3. The van der Waals surface area contributed by atoms with Gasteiger partial charge in [-0.1, -0.05) is 39.0 Å². The maximum absolute atomic E-state index is 6.45. The van der Waals surface area contributed by atoms with E-state index in [-0.39, 0.29) is 5.41 Å². The molecule has 33 heavy (non-hydrogen) atoms. The summed E-state index contributed by atoms with van der Waals surface area (Å²) in [7, 11) is 2.20. The van der Waals surface area contributed by atoms with Crippen molar-refractivity contribution in [3.63, 3.8) is 0 Å². The maximum atomic E-state index is 6.45. The van der Waals surface area contributed by atoms with Crippen molar-refractivity contribution in [2.24, 2.45) is 12.5 Å². The molecule has 0 spiro atoms. The summed E-state index contributed by atoms with van der Waals surface area (Å²) >= 11 is 0. The molecular weight excluding hydrogens is 406 g/mol. The Bertz CT molecular complexity index is 1580. The van der Waals surface area contributed by atoms with Gasteiger partial charge in [-0.05, 0) is 67.9 Å². The third-order valence-electron chi connectivity index (χ3n) is 7.17. The number of imidazole rings is 1. The van der Waals surface area contributed by atoms with Gasteiger partial charge in [-0.15, -0.1) is 0 Å². The van der Waals surface area contributed by atoms with Gasteiger partial charge in [0.15, 0.2) is 16.6 Å². The highest BCUT2D eigenvalue weighted by Crippen LogP contribution is 2.39. The van der Waals surface area contributed by atoms with Crippen LogP contribution in [0.2, 0.25) is 0 Å². The SMILES string of the molecule is Cc1ccc2c(n1)oc1c(-c3n(C)c4ccc(CC(C)(C)C)c5c4[n+]3CCC5)c(C)ccc12. The lowest BCUT2D eigenvalue weighted by Crippen LogP contribution is -2.39. The quantitative estimate of drug-likeness (QED) is 0.292. The molecule has 4 heterocycles. The van der Waals surface area contributed by atoms with Crippen molar-refractivity contribution in [3.8, 4) is 11.4 Å². The number of pyridine rings is 1. The van der Waals surface area contributed by atoms with Crippen molar-refractivity contribution in [3.05, 3.63) is 58.8 Å². The van der Waals surface area contributed by atoms with Gasteiger partial charge in [0.2, 0.25) is 5.71 Å². The van der Waals surface area contributed by atoms with E-state index in [2.05, 4.69) is 85.3 Å². The number of rotatable bonds is 2. The molecule has 0 saturated carbocycles. The number of nitrogens with zero attached hydrogens (tertiary/aromatic N) is 3. The van der Waals surface area contributed by atoms with E-state index in [9.17, 15) is 0 Å². The number of hydrogen-bond acceptors (Lipinski definition) is 2. The van der Waals surface area contributed by atoms with Gasteiger partial charge in [-0.3, -0.25) is 0 Å². The molecule has 1 aliphatic heterocycles. The lowest BCUT2D eigenvalue weighted by atomic mass is 9.84. The molecule has 5 aromatic rings. The predicted molar refractivity (Wildman–Crippen MR) is 135 cm³/mol. The van der Waals surface area contributed by atoms with Gasteiger partial charge in [-0.25, -0.2) is 14.1 Å². The molecular formula is C29H32N3O+. The molecule has 4 nitrogen and oxygen atoms in total. The van der Waals surface area contributed by atoms with Crippen LogP contribution in [0.1, 0.15) is 49.6 Å². The first-order valence-electron chi connectivity index (χ1n) is 12.1. The summed E-state index contributed by atoms with van der Waals surface area (Å²) in [6.07, 6.45) is 3.43. The van der Waals surface area contributed by atoms with E-state index in [0.717, 1.165) is 47.1 Å². The zero-order valence-corrected chi connectivity index (χ0v) is 20.5. The van der Waals surface area contributed by atoms with Crippen molar-refractivity contribution in [1.29, 1.82) is 0 Å². The number of aryl methyl sites for hydroxylation is 5. The predicted octanol–water partition coefficient (Wildman–Crippen LogP) is 6.58. The van der Waals surface area contributed by atoms with E-state index in [1.165, 1.54) is 45.5 Å². The van der Waals surface area contributed by atoms with E-state index in [1.807, 2.05) is 6.92 Å². The highest BCUT2D eigenvalue weighted by Gasteiger charge is 2.33. The minimum absolute atomic E-state index is 0.269. The van der Waals surface area contributed by atoms with Gasteiger partial charge in [0, 0.05) is 22.0 Å². The Morgan fingerprint density at radius 3 is 2.61 bits per heavy atom. The molecule has 3 aromatic heterocycles. The fourth-order valence-electron chi connectivity index (χ4n) is 5.78. The van der Waals surface area contributed by atoms with Crippen LogP contribution in [0.15, 0.2) is 40.8 Å². The zero-order valence-electron chi connectivity index (χ0n) is 20.5. The van der Waals surface area contributed by atoms with Gasteiger partial charge in [0.05, 0.1) is 13.6 Å². The summed E-state index contributed by atoms with van der Waals surface area (Å²) < 4.78 is 11.4. The molecule has 0 unspecified atom stereocenters. The van der Waals surface area contributed by atoms with Crippen LogP contribution in [0, 0.1) is 19.3 Å². The Kier molecular flexibility index (Phi) is 4.30. The largest absolute Gasteiger partial charge is 0.437 e. The highest BCUT2D eigenvalue weighted by molar-refractivity contribution is 6.08. The van der Waals surface area contributed by atoms with E-state index in [4.69, 9.17) is 4.42 Å². The third kappa shape index (κ3) is 3.03. The van der Waals surface area contributed by atoms with Gasteiger partial charge in [0.1, 0.15) is 5.56 Å². The molecule has 0 bridgehead atoms. The topological polar surface area (TPSA) is 34.8 Å². The Morgan fingerprint density at radius 2 is 1.82 bits per heavy atom. The Hall–Kier alpha value is -3.14. The van der Waals surface area contributed by atoms with Crippen LogP contribution in [0.25, 0.3) is 44.5 Å². The van der Waals surface area contributed by atoms with Crippen LogP contribution in [-0.2, 0) is 26.4 Å². The van der Waals surface area contributed by atoms with Crippen LogP contribution in [0.3, 0.4) is 0 Å². The fraction of sp³-hybridized carbons (Fsp3) is 0.379. The summed E-state index contributed by atoms with van der Waals surface area (Å²) in [6.45, 7) is 12.2. The second-order valence-corrected chi connectivity index (χ2v) is 11.0. The van der Waals surface area contributed by atoms with E-state index < -0.39 is 0 Å². The zero-order chi connectivity index (χ0) is 23.1. The van der Waals surface area contributed by atoms with Gasteiger partial charge < -0.3 is 4.42 Å². The van der Waals surface area contributed by atoms with Crippen LogP contribution in [0.4, 0.5) is 0 Å². The Labute approximate surface area is 194 Å². The molecule has 0 saturated heterocycles. The summed E-state index contributed by atoms with van der Waals surface area (Å²) in [5, 5.41) is 2.23. The molecule has 0 atom stereocenters. The summed E-state index contributed by atoms with van der Waals surface area (Å²) in [5.74, 6) is 1.23. The van der Waals surface area contributed by atoms with Crippen molar-refractivity contribution in [2.75, 3.05) is 0 Å². The van der Waals surface area contributed by atoms with Crippen LogP contribution < -0.4 is 4.57 Å². The molecule has 168 valence electrons. The number of furan rings is 1. The summed E-state index contributed by atoms with van der Waals surface area (Å²) in [5.41, 5.74) is 11.1. The third-order valence-corrected chi connectivity index (χ3v) is 7.17. The van der Waals surface area contributed by atoms with Crippen LogP contribution in [-0.4, -0.2) is 9.55 Å². The van der Waals surface area contributed by atoms with E-state index in [0.29, 0.717) is 0 Å². The normalized spacial score (nSPS) is 14.1. The van der Waals surface area contributed by atoms with Gasteiger partial charge >= 0.3 is 0 Å². The first-order chi connectivity index (χ1) is 15.7. The molecule has 2 aromatic carbocycles. The second-order valence-electron chi connectivity index (χ2n) is 11.0. The van der Waals surface area contributed by atoms with Crippen molar-refractivity contribution < 1.29 is 8.98 Å². The molecule has 1 aliphatic rings. The summed E-state index contributed by atoms with van der Waals surface area (Å²) in [4.78, 5) is 4.68. The molecule has 0 aliphatic carbocycles. The first-order valence-corrected chi connectivity index (χ1v) is 12.1. The smallest absolute Gasteiger partial charge is 0.293 e. The molecule has 0 fully saturated rings. The number of hydrogen-bond donors (Lipinski definition) is 0. The van der Waals surface area contributed by atoms with Gasteiger partial charge in [-0.2, -0.15) is 0 Å². The van der Waals surface area contributed by atoms with Crippen molar-refractivity contribution in [2.45, 2.75) is 60.4 Å². The number of fused-ring (bicyclic) bond motifs is 3. The van der Waals surface area contributed by atoms with E-state index >= 15 is 0 Å². The average Bonchev–Trinajstić information content (AvgIpc) is 3.25. The first kappa shape index (κ1) is 20.5. The van der Waals surface area contributed by atoms with E-state index in [1.54, 1.807) is 0 Å². The molecule has 0 amide bonds. The molecule has 4 heteroatoms. The lowest BCUT2D eigenvalue weighted by Gasteiger charge is -2.22. The minimum Gasteiger partial charge on any atom is -0.437 e. The van der Waals surface area contributed by atoms with Crippen molar-refractivity contribution >= 4 is 33.1 Å². The fourth-order valence-corrected chi connectivity index (χ4v) is 5.78. The lowest BCUT2D eigenvalue weighted by molar-refractivity contribution is -0.664. The minimum atomic E-state index is 0.269. The van der Waals surface area contributed by atoms with Crippen molar-refractivity contribution in [1.82, 2.24) is 9.55 Å². The molecule has 0 radical (unpaired) electrons. The van der Waals surface area contributed by atoms with Crippen LogP contribution in [0.5, 0.6) is 0 Å². The average molecular weight is 439 g/mol. The summed E-state index contributed by atoms with van der Waals surface area (Å²) in [6, 6.07) is 13.3. The maximum Gasteiger partial charge on any atom is 0.293 e. The monoisotopic (exact) mass is 438 g/mol. The Balaban J connectivity index is 1.69. The molecule has 6 rings (SSSR count). The number of benzene rings is 2. The molecule has 0 N–H and O–H groups in total. The Morgan fingerprint density at radius 1 is 1.03 bits per heavy atom. The number of aromatic nitrogens is 3. The van der Waals surface area contributed by atoms with Gasteiger partial charge in [0.25, 0.3) is 5.82 Å².